The molecule has 0 bridgehead atoms. The van der Waals surface area contributed by atoms with Crippen molar-refractivity contribution in [3.8, 4) is 5.75 Å². The molecule has 0 saturated carbocycles. The van der Waals surface area contributed by atoms with Crippen LogP contribution in [0.2, 0.25) is 0 Å². The lowest BCUT2D eigenvalue weighted by atomic mass is 9.87. The first-order chi connectivity index (χ1) is 13.9. The third-order valence-corrected chi connectivity index (χ3v) is 5.49. The van der Waals surface area contributed by atoms with Crippen LogP contribution in [0.1, 0.15) is 37.7 Å². The van der Waals surface area contributed by atoms with E-state index >= 15 is 0 Å². The minimum Gasteiger partial charge on any atom is -0.486 e. The van der Waals surface area contributed by atoms with Crippen molar-refractivity contribution in [3.63, 3.8) is 0 Å². The zero-order chi connectivity index (χ0) is 20.9. The van der Waals surface area contributed by atoms with Gasteiger partial charge in [0.05, 0.1) is 0 Å². The Morgan fingerprint density at radius 1 is 1.14 bits per heavy atom. The van der Waals surface area contributed by atoms with E-state index in [1.165, 1.54) is 29.5 Å². The number of ether oxygens (including phenoxy) is 1. The molecule has 0 aliphatic heterocycles. The summed E-state index contributed by atoms with van der Waals surface area (Å²) in [7, 11) is 0. The van der Waals surface area contributed by atoms with Crippen molar-refractivity contribution in [1.82, 2.24) is 14.8 Å². The van der Waals surface area contributed by atoms with E-state index in [0.29, 0.717) is 18.9 Å². The fourth-order valence-corrected chi connectivity index (χ4v) is 3.73. The Bertz CT molecular complexity index is 961. The van der Waals surface area contributed by atoms with Crippen molar-refractivity contribution in [2.45, 2.75) is 50.2 Å². The smallest absolute Gasteiger partial charge is 0.191 e. The highest BCUT2D eigenvalue weighted by Gasteiger charge is 2.15. The molecule has 0 radical (unpaired) electrons. The summed E-state index contributed by atoms with van der Waals surface area (Å²) in [5.74, 6) is 1.90. The summed E-state index contributed by atoms with van der Waals surface area (Å²) < 4.78 is 21.3. The van der Waals surface area contributed by atoms with Gasteiger partial charge in [0.15, 0.2) is 11.0 Å². The number of thioether (sulfide) groups is 1. The Morgan fingerprint density at radius 3 is 2.55 bits per heavy atom. The predicted octanol–water partition coefficient (Wildman–Crippen LogP) is 5.77. The average molecular weight is 412 g/mol. The minimum absolute atomic E-state index is 0.108. The molecule has 1 heterocycles. The van der Waals surface area contributed by atoms with Gasteiger partial charge >= 0.3 is 0 Å². The molecule has 152 valence electrons. The van der Waals surface area contributed by atoms with Crippen LogP contribution < -0.4 is 4.74 Å². The van der Waals surface area contributed by atoms with Gasteiger partial charge in [0, 0.05) is 12.3 Å². The van der Waals surface area contributed by atoms with Crippen LogP contribution in [-0.4, -0.2) is 14.8 Å². The molecule has 29 heavy (non-hydrogen) atoms. The lowest BCUT2D eigenvalue weighted by Gasteiger charge is -2.19. The van der Waals surface area contributed by atoms with Gasteiger partial charge in [-0.15, -0.1) is 16.8 Å². The molecule has 0 saturated heterocycles. The van der Waals surface area contributed by atoms with E-state index in [0.717, 1.165) is 22.3 Å². The maximum atomic E-state index is 13.4. The van der Waals surface area contributed by atoms with Crippen LogP contribution in [0, 0.1) is 5.82 Å². The zero-order valence-electron chi connectivity index (χ0n) is 17.1. The van der Waals surface area contributed by atoms with Gasteiger partial charge in [-0.3, -0.25) is 4.57 Å². The molecule has 0 aliphatic rings. The van der Waals surface area contributed by atoms with Crippen molar-refractivity contribution in [2.24, 2.45) is 0 Å². The average Bonchev–Trinajstić information content (AvgIpc) is 3.06. The maximum Gasteiger partial charge on any atom is 0.191 e. The van der Waals surface area contributed by atoms with Crippen LogP contribution in [0.15, 0.2) is 66.3 Å². The second-order valence-electron chi connectivity index (χ2n) is 7.78. The largest absolute Gasteiger partial charge is 0.486 e. The quantitative estimate of drug-likeness (QED) is 0.348. The normalized spacial score (nSPS) is 11.4. The summed E-state index contributed by atoms with van der Waals surface area (Å²) >= 11 is 1.52. The van der Waals surface area contributed by atoms with Gasteiger partial charge in [0.25, 0.3) is 0 Å². The zero-order valence-corrected chi connectivity index (χ0v) is 17.9. The van der Waals surface area contributed by atoms with E-state index in [4.69, 9.17) is 4.74 Å². The van der Waals surface area contributed by atoms with E-state index in [2.05, 4.69) is 49.7 Å². The highest BCUT2D eigenvalue weighted by molar-refractivity contribution is 7.98. The molecule has 2 aromatic carbocycles. The van der Waals surface area contributed by atoms with Crippen LogP contribution in [0.5, 0.6) is 5.75 Å². The van der Waals surface area contributed by atoms with Crippen molar-refractivity contribution in [3.05, 3.63) is 84.0 Å². The van der Waals surface area contributed by atoms with Crippen molar-refractivity contribution in [1.29, 1.82) is 0 Å². The standard InChI is InChI=1S/C23H26FN3OS/c1-5-13-27-21(15-28-20-11-9-18(10-12-20)23(2,3)4)25-26-22(27)29-16-17-7-6-8-19(24)14-17/h5-12,14H,1,13,15-16H2,2-4H3. The summed E-state index contributed by atoms with van der Waals surface area (Å²) in [6.07, 6.45) is 1.80. The van der Waals surface area contributed by atoms with E-state index in [1.54, 1.807) is 12.1 Å². The highest BCUT2D eigenvalue weighted by atomic mass is 32.2. The monoisotopic (exact) mass is 411 g/mol. The third kappa shape index (κ3) is 5.70. The number of aromatic nitrogens is 3. The fraction of sp³-hybridized carbons (Fsp3) is 0.304. The summed E-state index contributed by atoms with van der Waals surface area (Å²) in [4.78, 5) is 0. The Balaban J connectivity index is 1.67. The van der Waals surface area contributed by atoms with Gasteiger partial charge in [-0.25, -0.2) is 4.39 Å². The van der Waals surface area contributed by atoms with Crippen LogP contribution in [0.3, 0.4) is 0 Å². The third-order valence-electron chi connectivity index (χ3n) is 4.45. The van der Waals surface area contributed by atoms with Crippen LogP contribution in [-0.2, 0) is 24.3 Å². The van der Waals surface area contributed by atoms with E-state index < -0.39 is 0 Å². The summed E-state index contributed by atoms with van der Waals surface area (Å²) in [5.41, 5.74) is 2.27. The molecular weight excluding hydrogens is 385 g/mol. The summed E-state index contributed by atoms with van der Waals surface area (Å²) in [5, 5.41) is 9.33. The van der Waals surface area contributed by atoms with E-state index in [9.17, 15) is 4.39 Å². The second kappa shape index (κ2) is 9.27. The van der Waals surface area contributed by atoms with Gasteiger partial charge < -0.3 is 4.74 Å². The molecular formula is C23H26FN3OS. The predicted molar refractivity (Wildman–Crippen MR) is 116 cm³/mol. The van der Waals surface area contributed by atoms with Gasteiger partial charge in [-0.05, 0) is 40.8 Å². The van der Waals surface area contributed by atoms with Crippen LogP contribution in [0.25, 0.3) is 0 Å². The van der Waals surface area contributed by atoms with Crippen LogP contribution in [0.4, 0.5) is 4.39 Å². The van der Waals surface area contributed by atoms with Gasteiger partial charge in [-0.1, -0.05) is 62.9 Å². The molecule has 0 atom stereocenters. The fourth-order valence-electron chi connectivity index (χ4n) is 2.82. The molecule has 0 spiro atoms. The lowest BCUT2D eigenvalue weighted by Crippen LogP contribution is -2.11. The lowest BCUT2D eigenvalue weighted by molar-refractivity contribution is 0.289. The number of allylic oxidation sites excluding steroid dienone is 1. The van der Waals surface area contributed by atoms with E-state index in [-0.39, 0.29) is 11.2 Å². The number of rotatable bonds is 8. The highest BCUT2D eigenvalue weighted by Crippen LogP contribution is 2.26. The Labute approximate surface area is 175 Å². The van der Waals surface area contributed by atoms with E-state index in [1.807, 2.05) is 22.8 Å². The molecule has 3 rings (SSSR count). The Hall–Kier alpha value is -2.60. The molecule has 0 fully saturated rings. The Morgan fingerprint density at radius 2 is 1.90 bits per heavy atom. The van der Waals surface area contributed by atoms with Gasteiger partial charge in [-0.2, -0.15) is 0 Å². The first-order valence-corrected chi connectivity index (χ1v) is 10.5. The number of hydrogen-bond acceptors (Lipinski definition) is 4. The topological polar surface area (TPSA) is 39.9 Å². The molecule has 1 aromatic heterocycles. The maximum absolute atomic E-state index is 13.4. The summed E-state index contributed by atoms with van der Waals surface area (Å²) in [6.45, 7) is 11.3. The van der Waals surface area contributed by atoms with Crippen molar-refractivity contribution < 1.29 is 9.13 Å². The minimum atomic E-state index is -0.234. The SMILES string of the molecule is C=CCn1c(COc2ccc(C(C)(C)C)cc2)nnc1SCc1cccc(F)c1. The van der Waals surface area contributed by atoms with Crippen molar-refractivity contribution in [2.75, 3.05) is 0 Å². The molecule has 0 aliphatic carbocycles. The number of hydrogen-bond donors (Lipinski definition) is 0. The molecule has 0 unspecified atom stereocenters. The molecule has 3 aromatic rings. The molecule has 4 nitrogen and oxygen atoms in total. The Kier molecular flexibility index (Phi) is 6.75. The van der Waals surface area contributed by atoms with Crippen LogP contribution >= 0.6 is 11.8 Å². The van der Waals surface area contributed by atoms with Gasteiger partial charge in [0.2, 0.25) is 0 Å². The number of halogens is 1. The van der Waals surface area contributed by atoms with Crippen molar-refractivity contribution >= 4 is 11.8 Å². The first-order valence-electron chi connectivity index (χ1n) is 9.50. The number of nitrogens with zero attached hydrogens (tertiary/aromatic N) is 3. The molecule has 0 N–H and O–H groups in total. The van der Waals surface area contributed by atoms with Gasteiger partial charge in [0.1, 0.15) is 18.2 Å². The first kappa shape index (κ1) is 21.1. The summed E-state index contributed by atoms with van der Waals surface area (Å²) in [6, 6.07) is 14.7. The second-order valence-corrected chi connectivity index (χ2v) is 8.72. The molecule has 0 amide bonds. The molecule has 6 heteroatoms. The number of benzene rings is 2.